The molecule has 2 rings (SSSR count). The first-order chi connectivity index (χ1) is 8.25. The van der Waals surface area contributed by atoms with Gasteiger partial charge in [0, 0.05) is 11.1 Å². The van der Waals surface area contributed by atoms with E-state index in [9.17, 15) is 4.79 Å². The van der Waals surface area contributed by atoms with Gasteiger partial charge in [-0.1, -0.05) is 17.7 Å². The summed E-state index contributed by atoms with van der Waals surface area (Å²) in [5.41, 5.74) is 2.72. The molecule has 17 heavy (non-hydrogen) atoms. The van der Waals surface area contributed by atoms with Crippen LogP contribution < -0.4 is 5.43 Å². The number of nitrogens with zero attached hydrogens (tertiary/aromatic N) is 2. The lowest BCUT2D eigenvalue weighted by Crippen LogP contribution is -2.18. The van der Waals surface area contributed by atoms with Crippen molar-refractivity contribution < 1.29 is 4.79 Å². The van der Waals surface area contributed by atoms with Gasteiger partial charge in [0.25, 0.3) is 5.91 Å². The lowest BCUT2D eigenvalue weighted by molar-refractivity contribution is 0.0950. The van der Waals surface area contributed by atoms with E-state index in [1.807, 2.05) is 6.07 Å². The van der Waals surface area contributed by atoms with Crippen molar-refractivity contribution in [3.05, 3.63) is 51.4 Å². The molecule has 86 valence electrons. The Kier molecular flexibility index (Phi) is 3.85. The Bertz CT molecular complexity index is 539. The fraction of sp³-hybridized carbons (Fsp3) is 0. The van der Waals surface area contributed by atoms with Gasteiger partial charge in [0.2, 0.25) is 0 Å². The SMILES string of the molecule is O=C(N/N=C\c1ccc(Cl)s1)c1ccccn1. The minimum Gasteiger partial charge on any atom is -0.266 e. The van der Waals surface area contributed by atoms with Gasteiger partial charge in [0.1, 0.15) is 5.69 Å². The molecule has 0 fully saturated rings. The highest BCUT2D eigenvalue weighted by Crippen LogP contribution is 2.19. The number of carbonyl (C=O) groups excluding carboxylic acids is 1. The van der Waals surface area contributed by atoms with E-state index < -0.39 is 0 Å². The Hall–Kier alpha value is -1.72. The van der Waals surface area contributed by atoms with Crippen LogP contribution in [0, 0.1) is 0 Å². The molecule has 0 radical (unpaired) electrons. The van der Waals surface area contributed by atoms with E-state index in [1.165, 1.54) is 17.6 Å². The second-order valence-electron chi connectivity index (χ2n) is 3.06. The molecule has 0 aliphatic carbocycles. The minimum absolute atomic E-state index is 0.328. The fourth-order valence-electron chi connectivity index (χ4n) is 1.11. The zero-order valence-corrected chi connectivity index (χ0v) is 10.2. The molecule has 4 nitrogen and oxygen atoms in total. The molecule has 0 aliphatic heterocycles. The van der Waals surface area contributed by atoms with Gasteiger partial charge in [-0.25, -0.2) is 5.43 Å². The number of thiophene rings is 1. The highest BCUT2D eigenvalue weighted by Gasteiger charge is 2.03. The van der Waals surface area contributed by atoms with Crippen LogP contribution in [0.4, 0.5) is 0 Å². The summed E-state index contributed by atoms with van der Waals surface area (Å²) < 4.78 is 0.683. The standard InChI is InChI=1S/C11H8ClN3OS/c12-10-5-4-8(17-10)7-14-15-11(16)9-3-1-2-6-13-9/h1-7H,(H,15,16)/b14-7-. The maximum absolute atomic E-state index is 11.5. The Labute approximate surface area is 107 Å². The molecule has 2 aromatic heterocycles. The molecule has 2 aromatic rings. The third-order valence-corrected chi connectivity index (χ3v) is 3.02. The monoisotopic (exact) mass is 265 g/mol. The van der Waals surface area contributed by atoms with Gasteiger partial charge in [-0.05, 0) is 24.3 Å². The van der Waals surface area contributed by atoms with Crippen molar-refractivity contribution in [2.45, 2.75) is 0 Å². The van der Waals surface area contributed by atoms with E-state index in [1.54, 1.807) is 30.5 Å². The average molecular weight is 266 g/mol. The van der Waals surface area contributed by atoms with Crippen LogP contribution in [0.1, 0.15) is 15.4 Å². The first kappa shape index (κ1) is 11.8. The summed E-state index contributed by atoms with van der Waals surface area (Å²) >= 11 is 7.14. The number of halogens is 1. The van der Waals surface area contributed by atoms with E-state index in [0.717, 1.165) is 4.88 Å². The largest absolute Gasteiger partial charge is 0.289 e. The molecule has 0 spiro atoms. The normalized spacial score (nSPS) is 10.6. The quantitative estimate of drug-likeness (QED) is 0.685. The maximum Gasteiger partial charge on any atom is 0.289 e. The average Bonchev–Trinajstić information content (AvgIpc) is 2.76. The number of hydrogen-bond acceptors (Lipinski definition) is 4. The van der Waals surface area contributed by atoms with Crippen LogP contribution in [0.15, 0.2) is 41.6 Å². The van der Waals surface area contributed by atoms with Crippen molar-refractivity contribution in [2.24, 2.45) is 5.10 Å². The first-order valence-corrected chi connectivity index (χ1v) is 5.95. The van der Waals surface area contributed by atoms with Crippen molar-refractivity contribution in [1.29, 1.82) is 0 Å². The number of nitrogens with one attached hydrogen (secondary N) is 1. The van der Waals surface area contributed by atoms with Gasteiger partial charge in [-0.15, -0.1) is 11.3 Å². The summed E-state index contributed by atoms with van der Waals surface area (Å²) in [7, 11) is 0. The molecule has 0 saturated heterocycles. The zero-order chi connectivity index (χ0) is 12.1. The van der Waals surface area contributed by atoms with Crippen LogP contribution in [0.25, 0.3) is 0 Å². The molecule has 0 bridgehead atoms. The number of amides is 1. The molecule has 6 heteroatoms. The van der Waals surface area contributed by atoms with E-state index in [4.69, 9.17) is 11.6 Å². The van der Waals surface area contributed by atoms with Crippen LogP contribution in [-0.2, 0) is 0 Å². The topological polar surface area (TPSA) is 54.4 Å². The Morgan fingerprint density at radius 3 is 2.94 bits per heavy atom. The van der Waals surface area contributed by atoms with Gasteiger partial charge >= 0.3 is 0 Å². The molecule has 1 amide bonds. The lowest BCUT2D eigenvalue weighted by atomic mass is 10.3. The van der Waals surface area contributed by atoms with Crippen molar-refractivity contribution in [1.82, 2.24) is 10.4 Å². The fourth-order valence-corrected chi connectivity index (χ4v) is 2.04. The predicted octanol–water partition coefficient (Wildman–Crippen LogP) is 2.56. The number of hydrogen-bond donors (Lipinski definition) is 1. The number of carbonyl (C=O) groups is 1. The van der Waals surface area contributed by atoms with Gasteiger partial charge in [-0.2, -0.15) is 5.10 Å². The Morgan fingerprint density at radius 1 is 1.41 bits per heavy atom. The summed E-state index contributed by atoms with van der Waals surface area (Å²) in [6.45, 7) is 0. The number of hydrazone groups is 1. The summed E-state index contributed by atoms with van der Waals surface area (Å²) in [6, 6.07) is 8.70. The van der Waals surface area contributed by atoms with Crippen molar-refractivity contribution in [3.8, 4) is 0 Å². The minimum atomic E-state index is -0.343. The summed E-state index contributed by atoms with van der Waals surface area (Å²) in [5, 5.41) is 3.82. The Balaban J connectivity index is 1.95. The Morgan fingerprint density at radius 2 is 2.29 bits per heavy atom. The third kappa shape index (κ3) is 3.37. The number of pyridine rings is 1. The first-order valence-electron chi connectivity index (χ1n) is 4.75. The van der Waals surface area contributed by atoms with Gasteiger partial charge in [0.15, 0.2) is 0 Å². The number of rotatable bonds is 3. The van der Waals surface area contributed by atoms with Crippen LogP contribution in [0.3, 0.4) is 0 Å². The van der Waals surface area contributed by atoms with Crippen LogP contribution >= 0.6 is 22.9 Å². The van der Waals surface area contributed by atoms with E-state index >= 15 is 0 Å². The van der Waals surface area contributed by atoms with Crippen LogP contribution in [-0.4, -0.2) is 17.1 Å². The predicted molar refractivity (Wildman–Crippen MR) is 68.6 cm³/mol. The highest BCUT2D eigenvalue weighted by atomic mass is 35.5. The van der Waals surface area contributed by atoms with Crippen LogP contribution in [0.2, 0.25) is 4.34 Å². The molecule has 1 N–H and O–H groups in total. The number of aromatic nitrogens is 1. The van der Waals surface area contributed by atoms with Crippen LogP contribution in [0.5, 0.6) is 0 Å². The van der Waals surface area contributed by atoms with Crippen molar-refractivity contribution in [3.63, 3.8) is 0 Å². The zero-order valence-electron chi connectivity index (χ0n) is 8.63. The summed E-state index contributed by atoms with van der Waals surface area (Å²) in [4.78, 5) is 16.3. The highest BCUT2D eigenvalue weighted by molar-refractivity contribution is 7.17. The van der Waals surface area contributed by atoms with E-state index in [0.29, 0.717) is 10.0 Å². The van der Waals surface area contributed by atoms with Crippen molar-refractivity contribution in [2.75, 3.05) is 0 Å². The van der Waals surface area contributed by atoms with Gasteiger partial charge in [0.05, 0.1) is 10.6 Å². The molecule has 2 heterocycles. The third-order valence-electron chi connectivity index (χ3n) is 1.85. The molecule has 0 saturated carbocycles. The van der Waals surface area contributed by atoms with Crippen molar-refractivity contribution >= 4 is 35.1 Å². The van der Waals surface area contributed by atoms with Gasteiger partial charge in [-0.3, -0.25) is 9.78 Å². The molecular formula is C11H8ClN3OS. The van der Waals surface area contributed by atoms with E-state index in [2.05, 4.69) is 15.5 Å². The molecule has 0 atom stereocenters. The molecule has 0 aliphatic rings. The smallest absolute Gasteiger partial charge is 0.266 e. The molecule has 0 aromatic carbocycles. The van der Waals surface area contributed by atoms with Gasteiger partial charge < -0.3 is 0 Å². The summed E-state index contributed by atoms with van der Waals surface area (Å²) in [6.07, 6.45) is 3.09. The molecular weight excluding hydrogens is 258 g/mol. The summed E-state index contributed by atoms with van der Waals surface area (Å²) in [5.74, 6) is -0.343. The maximum atomic E-state index is 11.5. The van der Waals surface area contributed by atoms with E-state index in [-0.39, 0.29) is 5.91 Å². The second-order valence-corrected chi connectivity index (χ2v) is 4.80. The second kappa shape index (κ2) is 5.56. The molecule has 0 unspecified atom stereocenters. The lowest BCUT2D eigenvalue weighted by Gasteiger charge is -1.96.